The molecule has 22 heavy (non-hydrogen) atoms. The number of benzene rings is 1. The van der Waals surface area contributed by atoms with E-state index in [-0.39, 0.29) is 5.78 Å². The maximum absolute atomic E-state index is 11.6. The van der Waals surface area contributed by atoms with E-state index in [4.69, 9.17) is 4.74 Å². The van der Waals surface area contributed by atoms with E-state index < -0.39 is 11.7 Å². The molecule has 0 atom stereocenters. The highest BCUT2D eigenvalue weighted by Gasteiger charge is 2.18. The number of carbonyl (C=O) groups excluding carboxylic acids is 2. The summed E-state index contributed by atoms with van der Waals surface area (Å²) in [4.78, 5) is 23.0. The van der Waals surface area contributed by atoms with Gasteiger partial charge in [-0.05, 0) is 51.0 Å². The number of Topliss-reactive ketones (excluding diaryl/α,β-unsaturated/α-hetero) is 1. The third-order valence-corrected chi connectivity index (χ3v) is 3.18. The maximum atomic E-state index is 11.6. The molecule has 1 aromatic carbocycles. The number of hydrogen-bond acceptors (Lipinski definition) is 3. The molecule has 0 saturated heterocycles. The summed E-state index contributed by atoms with van der Waals surface area (Å²) in [6.45, 7) is 5.92. The first kappa shape index (κ1) is 16.1. The molecule has 0 unspecified atom stereocenters. The molecule has 0 aliphatic heterocycles. The van der Waals surface area contributed by atoms with Gasteiger partial charge >= 0.3 is 6.09 Å². The van der Waals surface area contributed by atoms with Crippen molar-refractivity contribution in [3.05, 3.63) is 34.9 Å². The number of ketones is 1. The molecule has 0 aromatic heterocycles. The number of hydrogen-bond donors (Lipinski definition) is 1. The van der Waals surface area contributed by atoms with Crippen LogP contribution in [0.25, 0.3) is 0 Å². The molecule has 0 bridgehead atoms. The van der Waals surface area contributed by atoms with Crippen LogP contribution in [0.3, 0.4) is 0 Å². The molecule has 4 nitrogen and oxygen atoms in total. The summed E-state index contributed by atoms with van der Waals surface area (Å²) >= 11 is 0. The lowest BCUT2D eigenvalue weighted by atomic mass is 10.1. The molecule has 0 saturated carbocycles. The molecule has 1 aliphatic carbocycles. The molecule has 0 heterocycles. The van der Waals surface area contributed by atoms with Crippen molar-refractivity contribution in [1.29, 1.82) is 0 Å². The molecule has 0 spiro atoms. The van der Waals surface area contributed by atoms with E-state index in [2.05, 4.69) is 17.2 Å². The Hall–Kier alpha value is -2.28. The largest absolute Gasteiger partial charge is 0.444 e. The Balaban J connectivity index is 1.80. The summed E-state index contributed by atoms with van der Waals surface area (Å²) in [6, 6.07) is 5.71. The van der Waals surface area contributed by atoms with E-state index in [1.54, 1.807) is 0 Å². The van der Waals surface area contributed by atoms with Crippen molar-refractivity contribution in [2.45, 2.75) is 45.6 Å². The lowest BCUT2D eigenvalue weighted by Gasteiger charge is -2.19. The second-order valence-corrected chi connectivity index (χ2v) is 6.28. The topological polar surface area (TPSA) is 55.4 Å². The lowest BCUT2D eigenvalue weighted by molar-refractivity contribution is 0.0529. The van der Waals surface area contributed by atoms with E-state index in [0.717, 1.165) is 23.1 Å². The molecule has 0 radical (unpaired) electrons. The lowest BCUT2D eigenvalue weighted by Crippen LogP contribution is -2.32. The number of alkyl carbamates (subject to hydrolysis) is 1. The van der Waals surface area contributed by atoms with Gasteiger partial charge in [0.05, 0.1) is 0 Å². The van der Waals surface area contributed by atoms with E-state index in [1.807, 2.05) is 39.0 Å². The first-order valence-corrected chi connectivity index (χ1v) is 7.47. The second kappa shape index (κ2) is 6.65. The van der Waals surface area contributed by atoms with E-state index in [1.165, 1.54) is 0 Å². The molecule has 4 heteroatoms. The van der Waals surface area contributed by atoms with Crippen LogP contribution in [0.15, 0.2) is 18.2 Å². The fraction of sp³-hybridized carbons (Fsp3) is 0.444. The second-order valence-electron chi connectivity index (χ2n) is 6.28. The van der Waals surface area contributed by atoms with Gasteiger partial charge in [-0.3, -0.25) is 4.79 Å². The van der Waals surface area contributed by atoms with Crippen molar-refractivity contribution < 1.29 is 14.3 Å². The predicted molar refractivity (Wildman–Crippen MR) is 84.8 cm³/mol. The molecule has 1 aliphatic rings. The SMILES string of the molecule is CC(C)(C)OC(=O)NCCC#Cc1ccc2c(c1)CCC2=O. The van der Waals surface area contributed by atoms with Gasteiger partial charge in [0.1, 0.15) is 5.60 Å². The smallest absolute Gasteiger partial charge is 0.407 e. The quantitative estimate of drug-likeness (QED) is 0.674. The Morgan fingerprint density at radius 2 is 2.09 bits per heavy atom. The van der Waals surface area contributed by atoms with Crippen LogP contribution in [0.1, 0.15) is 55.1 Å². The fourth-order valence-electron chi connectivity index (χ4n) is 2.24. The highest BCUT2D eigenvalue weighted by molar-refractivity contribution is 6.00. The summed E-state index contributed by atoms with van der Waals surface area (Å²) in [7, 11) is 0. The van der Waals surface area contributed by atoms with Crippen LogP contribution in [0.4, 0.5) is 4.79 Å². The minimum Gasteiger partial charge on any atom is -0.444 e. The van der Waals surface area contributed by atoms with Gasteiger partial charge in [-0.2, -0.15) is 0 Å². The first-order valence-electron chi connectivity index (χ1n) is 7.47. The highest BCUT2D eigenvalue weighted by Crippen LogP contribution is 2.22. The third-order valence-electron chi connectivity index (χ3n) is 3.18. The van der Waals surface area contributed by atoms with Crippen molar-refractivity contribution in [3.8, 4) is 11.8 Å². The van der Waals surface area contributed by atoms with Crippen LogP contribution in [0.5, 0.6) is 0 Å². The number of carbonyl (C=O) groups is 2. The van der Waals surface area contributed by atoms with Crippen molar-refractivity contribution in [1.82, 2.24) is 5.32 Å². The number of ether oxygens (including phenoxy) is 1. The third kappa shape index (κ3) is 4.63. The molecule has 1 aromatic rings. The normalized spacial score (nSPS) is 13.1. The number of fused-ring (bicyclic) bond motifs is 1. The van der Waals surface area contributed by atoms with E-state index in [9.17, 15) is 9.59 Å². The standard InChI is InChI=1S/C18H21NO3/c1-18(2,3)22-17(21)19-11-5-4-6-13-7-9-15-14(12-13)8-10-16(15)20/h7,9,12H,5,8,10-11H2,1-3H3,(H,19,21). The zero-order valence-electron chi connectivity index (χ0n) is 13.3. The molecular weight excluding hydrogens is 278 g/mol. The molecule has 1 amide bonds. The number of nitrogens with one attached hydrogen (secondary N) is 1. The average molecular weight is 299 g/mol. The van der Waals surface area contributed by atoms with Crippen molar-refractivity contribution in [2.75, 3.05) is 6.54 Å². The Labute approximate surface area is 131 Å². The van der Waals surface area contributed by atoms with Crippen molar-refractivity contribution in [2.24, 2.45) is 0 Å². The van der Waals surface area contributed by atoms with Gasteiger partial charge in [-0.1, -0.05) is 11.8 Å². The van der Waals surface area contributed by atoms with Gasteiger partial charge in [-0.25, -0.2) is 4.79 Å². The zero-order chi connectivity index (χ0) is 16.2. The van der Waals surface area contributed by atoms with Crippen molar-refractivity contribution >= 4 is 11.9 Å². The Kier molecular flexibility index (Phi) is 4.87. The summed E-state index contributed by atoms with van der Waals surface area (Å²) in [5.74, 6) is 6.29. The van der Waals surface area contributed by atoms with E-state index in [0.29, 0.717) is 19.4 Å². The van der Waals surface area contributed by atoms with Crippen molar-refractivity contribution in [3.63, 3.8) is 0 Å². The van der Waals surface area contributed by atoms with Gasteiger partial charge < -0.3 is 10.1 Å². The number of rotatable bonds is 2. The van der Waals surface area contributed by atoms with Crippen LogP contribution in [0, 0.1) is 11.8 Å². The summed E-state index contributed by atoms with van der Waals surface area (Å²) in [6.07, 6.45) is 1.54. The molecule has 2 rings (SSSR count). The van der Waals surface area contributed by atoms with Crippen LogP contribution in [-0.4, -0.2) is 24.0 Å². The Morgan fingerprint density at radius 1 is 1.32 bits per heavy atom. The minimum atomic E-state index is -0.488. The Bertz CT molecular complexity index is 645. The van der Waals surface area contributed by atoms with Gasteiger partial charge in [0, 0.05) is 30.5 Å². The number of amides is 1. The first-order chi connectivity index (χ1) is 10.3. The summed E-state index contributed by atoms with van der Waals surface area (Å²) < 4.78 is 5.13. The molecule has 0 fully saturated rings. The molecule has 116 valence electrons. The van der Waals surface area contributed by atoms with Crippen LogP contribution in [0.2, 0.25) is 0 Å². The molecular formula is C18H21NO3. The van der Waals surface area contributed by atoms with Crippen LogP contribution < -0.4 is 5.32 Å². The van der Waals surface area contributed by atoms with Crippen LogP contribution in [-0.2, 0) is 11.2 Å². The predicted octanol–water partition coefficient (Wildman–Crippen LogP) is 3.08. The Morgan fingerprint density at radius 3 is 2.82 bits per heavy atom. The van der Waals surface area contributed by atoms with E-state index >= 15 is 0 Å². The highest BCUT2D eigenvalue weighted by atomic mass is 16.6. The maximum Gasteiger partial charge on any atom is 0.407 e. The van der Waals surface area contributed by atoms with Crippen LogP contribution >= 0.6 is 0 Å². The van der Waals surface area contributed by atoms with Gasteiger partial charge in [0.2, 0.25) is 0 Å². The monoisotopic (exact) mass is 299 g/mol. The minimum absolute atomic E-state index is 0.219. The average Bonchev–Trinajstić information content (AvgIpc) is 2.77. The van der Waals surface area contributed by atoms with Gasteiger partial charge in [-0.15, -0.1) is 0 Å². The fourth-order valence-corrected chi connectivity index (χ4v) is 2.24. The zero-order valence-corrected chi connectivity index (χ0v) is 13.3. The number of aryl methyl sites for hydroxylation is 1. The van der Waals surface area contributed by atoms with Gasteiger partial charge in [0.15, 0.2) is 5.78 Å². The summed E-state index contributed by atoms with van der Waals surface area (Å²) in [5.41, 5.74) is 2.34. The summed E-state index contributed by atoms with van der Waals surface area (Å²) in [5, 5.41) is 2.66. The van der Waals surface area contributed by atoms with Gasteiger partial charge in [0.25, 0.3) is 0 Å². The molecule has 1 N–H and O–H groups in total.